The van der Waals surface area contributed by atoms with Crippen molar-refractivity contribution in [1.29, 1.82) is 0 Å². The third-order valence-electron chi connectivity index (χ3n) is 4.76. The van der Waals surface area contributed by atoms with Crippen molar-refractivity contribution in [3.8, 4) is 5.75 Å². The first-order valence-corrected chi connectivity index (χ1v) is 11.5. The number of carbonyl (C=O) groups is 2. The fraction of sp³-hybridized carbons (Fsp3) is 0.0417. The number of nitro benzene ring substituents is 1. The molecule has 0 bridgehead atoms. The van der Waals surface area contributed by atoms with Crippen LogP contribution in [0.3, 0.4) is 0 Å². The van der Waals surface area contributed by atoms with E-state index >= 15 is 0 Å². The van der Waals surface area contributed by atoms with Gasteiger partial charge in [-0.05, 0) is 60.2 Å². The molecule has 0 radical (unpaired) electrons. The number of hydrazone groups is 1. The lowest BCUT2D eigenvalue weighted by atomic mass is 10.2. The number of nitrogens with zero attached hydrogens (tertiary/aromatic N) is 2. The van der Waals surface area contributed by atoms with E-state index in [4.69, 9.17) is 16.3 Å². The largest absolute Gasteiger partial charge is 0.482 e. The molecule has 0 aliphatic rings. The lowest BCUT2D eigenvalue weighted by molar-refractivity contribution is -0.384. The number of thiophene rings is 1. The Hall–Kier alpha value is -4.35. The van der Waals surface area contributed by atoms with Gasteiger partial charge in [0.15, 0.2) is 6.61 Å². The maximum absolute atomic E-state index is 12.9. The third-order valence-corrected chi connectivity index (χ3v) is 6.17. The number of nitrogens with one attached hydrogen (secondary N) is 2. The molecule has 12 heteroatoms. The number of hydrogen-bond donors (Lipinski definition) is 2. The lowest BCUT2D eigenvalue weighted by Gasteiger charge is -2.09. The molecule has 0 spiro atoms. The van der Waals surface area contributed by atoms with E-state index in [1.807, 2.05) is 0 Å². The SMILES string of the molecule is O=C(COc1ccc(/C=N\NC(=O)c2cc3cc([N+](=O)[O-])ccc3s2)cc1Cl)Nc1ccc(F)cc1. The van der Waals surface area contributed by atoms with Crippen molar-refractivity contribution in [3.05, 3.63) is 98.1 Å². The Balaban J connectivity index is 1.31. The smallest absolute Gasteiger partial charge is 0.281 e. The molecule has 0 aliphatic heterocycles. The number of halogens is 2. The second-order valence-electron chi connectivity index (χ2n) is 7.32. The Labute approximate surface area is 212 Å². The molecule has 0 unspecified atom stereocenters. The van der Waals surface area contributed by atoms with Crippen molar-refractivity contribution >= 4 is 62.4 Å². The minimum atomic E-state index is -0.495. The summed E-state index contributed by atoms with van der Waals surface area (Å²) in [6, 6.07) is 16.0. The van der Waals surface area contributed by atoms with Gasteiger partial charge in [0.05, 0.1) is 21.0 Å². The predicted octanol–water partition coefficient (Wildman–Crippen LogP) is 5.38. The molecule has 0 saturated carbocycles. The average molecular weight is 527 g/mol. The number of rotatable bonds is 8. The molecule has 182 valence electrons. The second-order valence-corrected chi connectivity index (χ2v) is 8.81. The summed E-state index contributed by atoms with van der Waals surface area (Å²) in [5, 5.41) is 18.2. The molecule has 4 rings (SSSR count). The van der Waals surface area contributed by atoms with E-state index in [2.05, 4.69) is 15.8 Å². The standard InChI is InChI=1S/C24H16ClFN4O5S/c25-19-9-14(1-7-20(19)35-13-23(31)28-17-4-2-16(26)3-5-17)12-27-29-24(32)22-11-15-10-18(30(33)34)6-8-21(15)36-22/h1-12H,13H2,(H,28,31)(H,29,32)/b27-12-. The molecule has 0 atom stereocenters. The second kappa shape index (κ2) is 10.9. The van der Waals surface area contributed by atoms with Crippen LogP contribution in [0, 0.1) is 15.9 Å². The van der Waals surface area contributed by atoms with Crippen molar-refractivity contribution in [2.24, 2.45) is 5.10 Å². The van der Waals surface area contributed by atoms with Crippen LogP contribution in [-0.2, 0) is 4.79 Å². The topological polar surface area (TPSA) is 123 Å². The molecule has 0 aliphatic carbocycles. The first-order valence-electron chi connectivity index (χ1n) is 10.3. The zero-order valence-corrected chi connectivity index (χ0v) is 19.8. The summed E-state index contributed by atoms with van der Waals surface area (Å²) < 4.78 is 19.1. The van der Waals surface area contributed by atoms with Crippen LogP contribution in [0.1, 0.15) is 15.2 Å². The van der Waals surface area contributed by atoms with Gasteiger partial charge in [0.2, 0.25) is 0 Å². The van der Waals surface area contributed by atoms with Gasteiger partial charge >= 0.3 is 0 Å². The first-order chi connectivity index (χ1) is 17.3. The van der Waals surface area contributed by atoms with Gasteiger partial charge in [-0.1, -0.05) is 11.6 Å². The number of anilines is 1. The van der Waals surface area contributed by atoms with Gasteiger partial charge in [-0.3, -0.25) is 19.7 Å². The molecule has 2 amide bonds. The van der Waals surface area contributed by atoms with Gasteiger partial charge in [0.25, 0.3) is 17.5 Å². The highest BCUT2D eigenvalue weighted by Gasteiger charge is 2.13. The van der Waals surface area contributed by atoms with Gasteiger partial charge in [-0.25, -0.2) is 9.82 Å². The van der Waals surface area contributed by atoms with Crippen LogP contribution in [0.4, 0.5) is 15.8 Å². The fourth-order valence-corrected chi connectivity index (χ4v) is 4.24. The van der Waals surface area contributed by atoms with Gasteiger partial charge in [0, 0.05) is 27.9 Å². The van der Waals surface area contributed by atoms with Crippen LogP contribution >= 0.6 is 22.9 Å². The van der Waals surface area contributed by atoms with E-state index in [-0.39, 0.29) is 23.1 Å². The summed E-state index contributed by atoms with van der Waals surface area (Å²) in [6.07, 6.45) is 1.38. The van der Waals surface area contributed by atoms with Crippen molar-refractivity contribution in [2.45, 2.75) is 0 Å². The molecular weight excluding hydrogens is 511 g/mol. The monoisotopic (exact) mass is 526 g/mol. The van der Waals surface area contributed by atoms with Gasteiger partial charge in [-0.2, -0.15) is 5.10 Å². The highest BCUT2D eigenvalue weighted by atomic mass is 35.5. The number of nitro groups is 1. The number of benzene rings is 3. The van der Waals surface area contributed by atoms with Crippen molar-refractivity contribution < 1.29 is 23.6 Å². The molecular formula is C24H16ClFN4O5S. The predicted molar refractivity (Wildman–Crippen MR) is 136 cm³/mol. The molecule has 1 heterocycles. The Kier molecular flexibility index (Phi) is 7.52. The van der Waals surface area contributed by atoms with Crippen molar-refractivity contribution in [2.75, 3.05) is 11.9 Å². The van der Waals surface area contributed by atoms with Crippen LogP contribution < -0.4 is 15.5 Å². The molecule has 9 nitrogen and oxygen atoms in total. The summed E-state index contributed by atoms with van der Waals surface area (Å²) >= 11 is 7.40. The highest BCUT2D eigenvalue weighted by Crippen LogP contribution is 2.29. The number of hydrogen-bond acceptors (Lipinski definition) is 7. The van der Waals surface area contributed by atoms with Gasteiger partial charge in [-0.15, -0.1) is 11.3 Å². The molecule has 1 aromatic heterocycles. The Morgan fingerprint density at radius 2 is 1.89 bits per heavy atom. The summed E-state index contributed by atoms with van der Waals surface area (Å²) in [6.45, 7) is -0.307. The Morgan fingerprint density at radius 1 is 1.11 bits per heavy atom. The van der Waals surface area contributed by atoms with E-state index in [0.29, 0.717) is 21.5 Å². The number of amides is 2. The zero-order valence-electron chi connectivity index (χ0n) is 18.2. The number of fused-ring (bicyclic) bond motifs is 1. The van der Waals surface area contributed by atoms with Crippen molar-refractivity contribution in [1.82, 2.24) is 5.43 Å². The lowest BCUT2D eigenvalue weighted by Crippen LogP contribution is -2.20. The van der Waals surface area contributed by atoms with E-state index in [1.54, 1.807) is 30.3 Å². The van der Waals surface area contributed by atoms with E-state index in [9.17, 15) is 24.1 Å². The minimum absolute atomic E-state index is 0.0527. The van der Waals surface area contributed by atoms with E-state index < -0.39 is 22.6 Å². The maximum Gasteiger partial charge on any atom is 0.281 e. The number of carbonyl (C=O) groups excluding carboxylic acids is 2. The van der Waals surface area contributed by atoms with Crippen LogP contribution in [0.2, 0.25) is 5.02 Å². The summed E-state index contributed by atoms with van der Waals surface area (Å²) in [5.74, 6) is -1.05. The first kappa shape index (κ1) is 24.8. The van der Waals surface area contributed by atoms with Crippen LogP contribution in [0.15, 0.2) is 71.8 Å². The summed E-state index contributed by atoms with van der Waals surface area (Å²) in [4.78, 5) is 35.2. The normalized spacial score (nSPS) is 10.9. The number of ether oxygens (including phenoxy) is 1. The van der Waals surface area contributed by atoms with Crippen LogP contribution in [0.25, 0.3) is 10.1 Å². The minimum Gasteiger partial charge on any atom is -0.482 e. The number of non-ortho nitro benzene ring substituents is 1. The van der Waals surface area contributed by atoms with Gasteiger partial charge < -0.3 is 10.1 Å². The summed E-state index contributed by atoms with van der Waals surface area (Å²) in [5.41, 5.74) is 3.35. The van der Waals surface area contributed by atoms with Gasteiger partial charge in [0.1, 0.15) is 11.6 Å². The maximum atomic E-state index is 12.9. The molecule has 0 fully saturated rings. The molecule has 3 aromatic carbocycles. The molecule has 36 heavy (non-hydrogen) atoms. The van der Waals surface area contributed by atoms with E-state index in [0.717, 1.165) is 4.70 Å². The molecule has 4 aromatic rings. The Morgan fingerprint density at radius 3 is 2.61 bits per heavy atom. The Bertz CT molecular complexity index is 1490. The molecule has 0 saturated heterocycles. The molecule has 2 N–H and O–H groups in total. The average Bonchev–Trinajstić information content (AvgIpc) is 3.28. The highest BCUT2D eigenvalue weighted by molar-refractivity contribution is 7.20. The van der Waals surface area contributed by atoms with Crippen LogP contribution in [0.5, 0.6) is 5.75 Å². The third kappa shape index (κ3) is 6.20. The zero-order chi connectivity index (χ0) is 25.7. The van der Waals surface area contributed by atoms with Crippen molar-refractivity contribution in [3.63, 3.8) is 0 Å². The fourth-order valence-electron chi connectivity index (χ4n) is 3.06. The van der Waals surface area contributed by atoms with Crippen LogP contribution in [-0.4, -0.2) is 29.6 Å². The summed E-state index contributed by atoms with van der Waals surface area (Å²) in [7, 11) is 0. The van der Waals surface area contributed by atoms with E-state index in [1.165, 1.54) is 53.9 Å². The quantitative estimate of drug-likeness (QED) is 0.181.